The van der Waals surface area contributed by atoms with Crippen molar-refractivity contribution in [1.29, 1.82) is 0 Å². The van der Waals surface area contributed by atoms with Crippen molar-refractivity contribution in [3.63, 3.8) is 0 Å². The van der Waals surface area contributed by atoms with Crippen LogP contribution in [0.1, 0.15) is 36.5 Å². The summed E-state index contributed by atoms with van der Waals surface area (Å²) >= 11 is 7.21. The van der Waals surface area contributed by atoms with Crippen LogP contribution in [0.2, 0.25) is 5.02 Å². The number of ether oxygens (including phenoxy) is 1. The van der Waals surface area contributed by atoms with Gasteiger partial charge in [0.2, 0.25) is 5.91 Å². The summed E-state index contributed by atoms with van der Waals surface area (Å²) in [6.45, 7) is 1.92. The Kier molecular flexibility index (Phi) is 5.84. The first-order chi connectivity index (χ1) is 14.4. The fraction of sp³-hybridized carbons (Fsp3) is 0.409. The number of hydrogen-bond donors (Lipinski definition) is 2. The molecule has 4 unspecified atom stereocenters. The quantitative estimate of drug-likeness (QED) is 0.612. The molecule has 2 aliphatic rings. The van der Waals surface area contributed by atoms with E-state index in [1.54, 1.807) is 36.6 Å². The van der Waals surface area contributed by atoms with E-state index in [1.165, 1.54) is 11.3 Å². The maximum atomic E-state index is 13.1. The van der Waals surface area contributed by atoms with Crippen LogP contribution in [0.5, 0.6) is 0 Å². The zero-order valence-electron chi connectivity index (χ0n) is 16.4. The van der Waals surface area contributed by atoms with Gasteiger partial charge in [-0.25, -0.2) is 4.79 Å². The molecule has 0 radical (unpaired) electrons. The Morgan fingerprint density at radius 2 is 1.83 bits per heavy atom. The van der Waals surface area contributed by atoms with E-state index in [0.717, 1.165) is 24.8 Å². The summed E-state index contributed by atoms with van der Waals surface area (Å²) in [6.07, 6.45) is 2.51. The van der Waals surface area contributed by atoms with Gasteiger partial charge in [0.25, 0.3) is 0 Å². The third-order valence-corrected chi connectivity index (χ3v) is 7.31. The Hall–Kier alpha value is -2.38. The number of benzene rings is 1. The first kappa shape index (κ1) is 20.9. The van der Waals surface area contributed by atoms with Crippen LogP contribution in [0.25, 0.3) is 11.1 Å². The van der Waals surface area contributed by atoms with E-state index >= 15 is 0 Å². The number of fused-ring (bicyclic) bond motifs is 2. The zero-order valence-corrected chi connectivity index (χ0v) is 18.0. The molecule has 1 amide bonds. The molecule has 1 heterocycles. The highest BCUT2D eigenvalue weighted by Gasteiger charge is 2.54. The van der Waals surface area contributed by atoms with Gasteiger partial charge in [-0.2, -0.15) is 0 Å². The molecule has 0 saturated heterocycles. The highest BCUT2D eigenvalue weighted by atomic mass is 35.5. The lowest BCUT2D eigenvalue weighted by Crippen LogP contribution is -2.37. The van der Waals surface area contributed by atoms with E-state index in [2.05, 4.69) is 5.32 Å². The first-order valence-corrected chi connectivity index (χ1v) is 11.2. The van der Waals surface area contributed by atoms with E-state index in [4.69, 9.17) is 16.3 Å². The molecule has 2 saturated carbocycles. The molecular weight excluding hydrogens is 426 g/mol. The largest absolute Gasteiger partial charge is 0.481 e. The zero-order chi connectivity index (χ0) is 21.4. The van der Waals surface area contributed by atoms with Crippen LogP contribution in [0.3, 0.4) is 0 Å². The van der Waals surface area contributed by atoms with Crippen molar-refractivity contribution >= 4 is 45.8 Å². The maximum absolute atomic E-state index is 13.1. The fourth-order valence-corrected chi connectivity index (χ4v) is 6.00. The summed E-state index contributed by atoms with van der Waals surface area (Å²) in [5, 5.41) is 15.3. The van der Waals surface area contributed by atoms with Gasteiger partial charge in [0.05, 0.1) is 18.4 Å². The van der Waals surface area contributed by atoms with Gasteiger partial charge in [-0.1, -0.05) is 23.7 Å². The minimum absolute atomic E-state index is 0.0562. The maximum Gasteiger partial charge on any atom is 0.341 e. The number of carbonyl (C=O) groups excluding carboxylic acids is 2. The van der Waals surface area contributed by atoms with E-state index in [-0.39, 0.29) is 29.9 Å². The number of thiophene rings is 1. The van der Waals surface area contributed by atoms with Crippen LogP contribution < -0.4 is 5.32 Å². The van der Waals surface area contributed by atoms with Crippen molar-refractivity contribution in [3.8, 4) is 11.1 Å². The van der Waals surface area contributed by atoms with Crippen LogP contribution >= 0.6 is 22.9 Å². The number of nitrogens with one attached hydrogen (secondary N) is 1. The molecule has 2 fully saturated rings. The first-order valence-electron chi connectivity index (χ1n) is 9.99. The number of amides is 1. The molecule has 158 valence electrons. The molecule has 30 heavy (non-hydrogen) atoms. The smallest absolute Gasteiger partial charge is 0.341 e. The lowest BCUT2D eigenvalue weighted by molar-refractivity contribution is -0.148. The highest BCUT2D eigenvalue weighted by Crippen LogP contribution is 2.53. The van der Waals surface area contributed by atoms with Gasteiger partial charge in [-0.15, -0.1) is 11.3 Å². The van der Waals surface area contributed by atoms with Crippen LogP contribution in [-0.4, -0.2) is 29.6 Å². The summed E-state index contributed by atoms with van der Waals surface area (Å²) in [7, 11) is 0. The fourth-order valence-electron chi connectivity index (χ4n) is 4.92. The average molecular weight is 448 g/mol. The Balaban J connectivity index is 1.65. The van der Waals surface area contributed by atoms with E-state index in [1.807, 2.05) is 0 Å². The van der Waals surface area contributed by atoms with Gasteiger partial charge in [-0.3, -0.25) is 9.59 Å². The summed E-state index contributed by atoms with van der Waals surface area (Å²) < 4.78 is 5.22. The number of anilines is 1. The molecule has 8 heteroatoms. The second kappa shape index (κ2) is 8.40. The topological polar surface area (TPSA) is 92.7 Å². The number of carboxylic acids is 1. The molecule has 4 atom stereocenters. The molecule has 2 N–H and O–H groups in total. The molecule has 6 nitrogen and oxygen atoms in total. The summed E-state index contributed by atoms with van der Waals surface area (Å²) in [5.41, 5.74) is 1.71. The second-order valence-electron chi connectivity index (χ2n) is 7.79. The van der Waals surface area contributed by atoms with Crippen LogP contribution in [0.15, 0.2) is 29.6 Å². The van der Waals surface area contributed by atoms with Gasteiger partial charge < -0.3 is 15.2 Å². The van der Waals surface area contributed by atoms with Crippen molar-refractivity contribution in [2.24, 2.45) is 23.7 Å². The van der Waals surface area contributed by atoms with E-state index in [0.29, 0.717) is 15.6 Å². The Morgan fingerprint density at radius 1 is 1.17 bits per heavy atom. The number of hydrogen-bond acceptors (Lipinski definition) is 5. The number of carbonyl (C=O) groups is 3. The van der Waals surface area contributed by atoms with Gasteiger partial charge >= 0.3 is 11.9 Å². The van der Waals surface area contributed by atoms with E-state index in [9.17, 15) is 19.5 Å². The van der Waals surface area contributed by atoms with Crippen LogP contribution in [0, 0.1) is 23.7 Å². The van der Waals surface area contributed by atoms with Crippen LogP contribution in [0.4, 0.5) is 5.00 Å². The minimum atomic E-state index is -0.916. The number of carboxylic acid groups (broad SMARTS) is 1. The molecule has 0 spiro atoms. The van der Waals surface area contributed by atoms with Crippen molar-refractivity contribution in [3.05, 3.63) is 40.2 Å². The van der Waals surface area contributed by atoms with Crippen molar-refractivity contribution < 1.29 is 24.2 Å². The van der Waals surface area contributed by atoms with Crippen molar-refractivity contribution in [2.45, 2.75) is 26.2 Å². The van der Waals surface area contributed by atoms with Gasteiger partial charge in [0.15, 0.2) is 0 Å². The monoisotopic (exact) mass is 447 g/mol. The van der Waals surface area contributed by atoms with E-state index < -0.39 is 23.8 Å². The number of esters is 1. The van der Waals surface area contributed by atoms with Crippen molar-refractivity contribution in [2.75, 3.05) is 11.9 Å². The third-order valence-electron chi connectivity index (χ3n) is 6.17. The lowest BCUT2D eigenvalue weighted by Gasteiger charge is -2.26. The Morgan fingerprint density at radius 3 is 2.47 bits per heavy atom. The molecular formula is C22H22ClNO5S. The summed E-state index contributed by atoms with van der Waals surface area (Å²) in [4.78, 5) is 37.6. The number of aliphatic carboxylic acids is 1. The predicted octanol–water partition coefficient (Wildman–Crippen LogP) is 4.93. The normalized spacial score (nSPS) is 24.6. The minimum Gasteiger partial charge on any atom is -0.481 e. The van der Waals surface area contributed by atoms with Crippen LogP contribution in [-0.2, 0) is 14.3 Å². The number of rotatable bonds is 6. The molecule has 2 bridgehead atoms. The lowest BCUT2D eigenvalue weighted by atomic mass is 9.79. The molecule has 2 aromatic rings. The average Bonchev–Trinajstić information content (AvgIpc) is 3.42. The highest BCUT2D eigenvalue weighted by molar-refractivity contribution is 7.15. The molecule has 0 aliphatic heterocycles. The third kappa shape index (κ3) is 3.72. The summed E-state index contributed by atoms with van der Waals surface area (Å²) in [5.74, 6) is -2.87. The molecule has 1 aromatic heterocycles. The Bertz CT molecular complexity index is 986. The SMILES string of the molecule is CCOC(=O)c1c(-c2ccc(Cl)cc2)csc1NC(=O)C1C2CCC(C2)C1C(=O)O. The summed E-state index contributed by atoms with van der Waals surface area (Å²) in [6, 6.07) is 7.06. The standard InChI is InChI=1S/C22H22ClNO5S/c1-2-29-22(28)18-15(11-5-7-14(23)8-6-11)10-30-20(18)24-19(25)16-12-3-4-13(9-12)17(16)21(26)27/h5-8,10,12-13,16-17H,2-4,9H2,1H3,(H,24,25)(H,26,27). The molecule has 2 aliphatic carbocycles. The number of halogens is 1. The second-order valence-corrected chi connectivity index (χ2v) is 9.11. The predicted molar refractivity (Wildman–Crippen MR) is 115 cm³/mol. The molecule has 4 rings (SSSR count). The molecule has 1 aromatic carbocycles. The van der Waals surface area contributed by atoms with Gasteiger partial charge in [0, 0.05) is 16.0 Å². The Labute approximate surface area is 183 Å². The van der Waals surface area contributed by atoms with Gasteiger partial charge in [-0.05, 0) is 55.7 Å². The van der Waals surface area contributed by atoms with Gasteiger partial charge in [0.1, 0.15) is 10.6 Å². The van der Waals surface area contributed by atoms with Crippen molar-refractivity contribution in [1.82, 2.24) is 0 Å².